The van der Waals surface area contributed by atoms with E-state index in [1.54, 1.807) is 31.2 Å². The fourth-order valence-electron chi connectivity index (χ4n) is 1.21. The highest BCUT2D eigenvalue weighted by atomic mass is 16.5. The van der Waals surface area contributed by atoms with Gasteiger partial charge in [0.05, 0.1) is 11.6 Å². The predicted octanol–water partition coefficient (Wildman–Crippen LogP) is 1.84. The molecule has 0 spiro atoms. The summed E-state index contributed by atoms with van der Waals surface area (Å²) >= 11 is 0. The highest BCUT2D eigenvalue weighted by Gasteiger charge is 2.16. The van der Waals surface area contributed by atoms with E-state index in [1.807, 2.05) is 6.07 Å². The highest BCUT2D eigenvalue weighted by Crippen LogP contribution is 2.09. The first-order valence-electron chi connectivity index (χ1n) is 5.57. The topological polar surface area (TPSA) is 79.2 Å². The van der Waals surface area contributed by atoms with Gasteiger partial charge in [0, 0.05) is 12.1 Å². The number of hydrogen-bond acceptors (Lipinski definition) is 4. The van der Waals surface area contributed by atoms with Gasteiger partial charge in [-0.15, -0.1) is 0 Å². The van der Waals surface area contributed by atoms with Crippen LogP contribution < -0.4 is 5.32 Å². The SMILES string of the molecule is CCC(=O)O[C@@H](C)C(=O)Nc1ccc(C#N)cc1. The lowest BCUT2D eigenvalue weighted by molar-refractivity contribution is -0.152. The number of benzene rings is 1. The zero-order valence-electron chi connectivity index (χ0n) is 10.3. The van der Waals surface area contributed by atoms with Crippen LogP contribution in [0.2, 0.25) is 0 Å². The van der Waals surface area contributed by atoms with Crippen LogP contribution in [-0.4, -0.2) is 18.0 Å². The normalized spacial score (nSPS) is 11.2. The van der Waals surface area contributed by atoms with Gasteiger partial charge in [-0.05, 0) is 31.2 Å². The van der Waals surface area contributed by atoms with E-state index in [4.69, 9.17) is 10.00 Å². The molecule has 1 rings (SSSR count). The van der Waals surface area contributed by atoms with Gasteiger partial charge in [-0.2, -0.15) is 5.26 Å². The Morgan fingerprint density at radius 3 is 2.50 bits per heavy atom. The molecule has 0 aliphatic carbocycles. The first-order chi connectivity index (χ1) is 8.56. The summed E-state index contributed by atoms with van der Waals surface area (Å²) in [4.78, 5) is 22.7. The number of nitrogens with one attached hydrogen (secondary N) is 1. The molecule has 0 aromatic heterocycles. The first kappa shape index (κ1) is 13.7. The summed E-state index contributed by atoms with van der Waals surface area (Å²) in [5.74, 6) is -0.820. The molecule has 1 atom stereocenters. The number of hydrogen-bond donors (Lipinski definition) is 1. The second-order valence-electron chi connectivity index (χ2n) is 3.66. The Morgan fingerprint density at radius 2 is 2.00 bits per heavy atom. The van der Waals surface area contributed by atoms with Crippen LogP contribution in [-0.2, 0) is 14.3 Å². The van der Waals surface area contributed by atoms with Crippen molar-refractivity contribution in [3.63, 3.8) is 0 Å². The quantitative estimate of drug-likeness (QED) is 0.822. The monoisotopic (exact) mass is 246 g/mol. The molecule has 1 aromatic carbocycles. The second kappa shape index (κ2) is 6.40. The van der Waals surface area contributed by atoms with Gasteiger partial charge < -0.3 is 10.1 Å². The van der Waals surface area contributed by atoms with E-state index in [9.17, 15) is 9.59 Å². The first-order valence-corrected chi connectivity index (χ1v) is 5.57. The molecule has 94 valence electrons. The molecule has 0 heterocycles. The van der Waals surface area contributed by atoms with Gasteiger partial charge in [-0.3, -0.25) is 9.59 Å². The van der Waals surface area contributed by atoms with Gasteiger partial charge in [0.25, 0.3) is 5.91 Å². The van der Waals surface area contributed by atoms with Crippen molar-refractivity contribution >= 4 is 17.6 Å². The van der Waals surface area contributed by atoms with E-state index < -0.39 is 18.0 Å². The largest absolute Gasteiger partial charge is 0.453 e. The van der Waals surface area contributed by atoms with Crippen LogP contribution in [0.4, 0.5) is 5.69 Å². The van der Waals surface area contributed by atoms with Crippen molar-refractivity contribution in [2.45, 2.75) is 26.4 Å². The van der Waals surface area contributed by atoms with E-state index in [0.717, 1.165) is 0 Å². The molecule has 0 bridgehead atoms. The van der Waals surface area contributed by atoms with E-state index in [0.29, 0.717) is 11.3 Å². The van der Waals surface area contributed by atoms with Crippen LogP contribution in [0, 0.1) is 11.3 Å². The Bertz CT molecular complexity index is 474. The molecule has 1 N–H and O–H groups in total. The van der Waals surface area contributed by atoms with Crippen LogP contribution in [0.1, 0.15) is 25.8 Å². The number of carbonyl (C=O) groups is 2. The Labute approximate surface area is 105 Å². The smallest absolute Gasteiger partial charge is 0.306 e. The molecular formula is C13H14N2O3. The zero-order valence-corrected chi connectivity index (χ0v) is 10.3. The molecule has 0 saturated carbocycles. The van der Waals surface area contributed by atoms with Gasteiger partial charge in [0.15, 0.2) is 6.10 Å². The van der Waals surface area contributed by atoms with Crippen LogP contribution >= 0.6 is 0 Å². The molecule has 1 amide bonds. The Kier molecular flexibility index (Phi) is 4.88. The molecule has 0 fully saturated rings. The maximum Gasteiger partial charge on any atom is 0.306 e. The summed E-state index contributed by atoms with van der Waals surface area (Å²) in [6.45, 7) is 3.17. The van der Waals surface area contributed by atoms with E-state index in [2.05, 4.69) is 5.32 Å². The van der Waals surface area contributed by atoms with E-state index >= 15 is 0 Å². The number of amides is 1. The summed E-state index contributed by atoms with van der Waals surface area (Å²) in [6, 6.07) is 8.40. The minimum atomic E-state index is -0.840. The molecule has 0 radical (unpaired) electrons. The Morgan fingerprint density at radius 1 is 1.39 bits per heavy atom. The fraction of sp³-hybridized carbons (Fsp3) is 0.308. The third-order valence-electron chi connectivity index (χ3n) is 2.25. The molecule has 18 heavy (non-hydrogen) atoms. The maximum atomic E-state index is 11.7. The minimum Gasteiger partial charge on any atom is -0.453 e. The molecule has 0 unspecified atom stereocenters. The third-order valence-corrected chi connectivity index (χ3v) is 2.25. The van der Waals surface area contributed by atoms with Crippen LogP contribution in [0.3, 0.4) is 0 Å². The summed E-state index contributed by atoms with van der Waals surface area (Å²) in [5, 5.41) is 11.2. The molecular weight excluding hydrogens is 232 g/mol. The molecule has 0 aliphatic heterocycles. The molecule has 5 heteroatoms. The Balaban J connectivity index is 2.58. The van der Waals surface area contributed by atoms with E-state index in [1.165, 1.54) is 6.92 Å². The number of anilines is 1. The van der Waals surface area contributed by atoms with Crippen molar-refractivity contribution in [2.24, 2.45) is 0 Å². The maximum absolute atomic E-state index is 11.7. The van der Waals surface area contributed by atoms with Gasteiger partial charge >= 0.3 is 5.97 Å². The van der Waals surface area contributed by atoms with Gasteiger partial charge in [-0.1, -0.05) is 6.92 Å². The number of nitriles is 1. The Hall–Kier alpha value is -2.35. The van der Waals surface area contributed by atoms with Crippen molar-refractivity contribution in [1.29, 1.82) is 5.26 Å². The number of esters is 1. The summed E-state index contributed by atoms with van der Waals surface area (Å²) < 4.78 is 4.88. The average molecular weight is 246 g/mol. The lowest BCUT2D eigenvalue weighted by atomic mass is 10.2. The van der Waals surface area contributed by atoms with E-state index in [-0.39, 0.29) is 6.42 Å². The van der Waals surface area contributed by atoms with Crippen molar-refractivity contribution in [2.75, 3.05) is 5.32 Å². The standard InChI is InChI=1S/C13H14N2O3/c1-3-12(16)18-9(2)13(17)15-11-6-4-10(8-14)5-7-11/h4-7,9H,3H2,1-2H3,(H,15,17)/t9-/m0/s1. The summed E-state index contributed by atoms with van der Waals surface area (Å²) in [7, 11) is 0. The molecule has 0 aliphatic rings. The fourth-order valence-corrected chi connectivity index (χ4v) is 1.21. The zero-order chi connectivity index (χ0) is 13.5. The number of ether oxygens (including phenoxy) is 1. The van der Waals surface area contributed by atoms with Gasteiger partial charge in [0.1, 0.15) is 0 Å². The van der Waals surface area contributed by atoms with Crippen molar-refractivity contribution in [1.82, 2.24) is 0 Å². The van der Waals surface area contributed by atoms with Crippen LogP contribution in [0.5, 0.6) is 0 Å². The van der Waals surface area contributed by atoms with Crippen LogP contribution in [0.15, 0.2) is 24.3 Å². The van der Waals surface area contributed by atoms with Crippen molar-refractivity contribution in [3.8, 4) is 6.07 Å². The molecule has 5 nitrogen and oxygen atoms in total. The van der Waals surface area contributed by atoms with Crippen molar-refractivity contribution in [3.05, 3.63) is 29.8 Å². The molecule has 1 aromatic rings. The minimum absolute atomic E-state index is 0.231. The van der Waals surface area contributed by atoms with Gasteiger partial charge in [0.2, 0.25) is 0 Å². The predicted molar refractivity (Wildman–Crippen MR) is 65.6 cm³/mol. The number of nitrogens with zero attached hydrogens (tertiary/aromatic N) is 1. The van der Waals surface area contributed by atoms with Crippen LogP contribution in [0.25, 0.3) is 0 Å². The van der Waals surface area contributed by atoms with Crippen molar-refractivity contribution < 1.29 is 14.3 Å². The average Bonchev–Trinajstić information content (AvgIpc) is 2.39. The summed E-state index contributed by atoms with van der Waals surface area (Å²) in [6.07, 6.45) is -0.609. The highest BCUT2D eigenvalue weighted by molar-refractivity contribution is 5.95. The second-order valence-corrected chi connectivity index (χ2v) is 3.66. The van der Waals surface area contributed by atoms with Gasteiger partial charge in [-0.25, -0.2) is 0 Å². The third kappa shape index (κ3) is 3.91. The lowest BCUT2D eigenvalue weighted by Gasteiger charge is -2.12. The number of rotatable bonds is 4. The molecule has 0 saturated heterocycles. The number of carbonyl (C=O) groups excluding carboxylic acids is 2. The lowest BCUT2D eigenvalue weighted by Crippen LogP contribution is -2.29. The summed E-state index contributed by atoms with van der Waals surface area (Å²) in [5.41, 5.74) is 1.07.